The van der Waals surface area contributed by atoms with E-state index in [4.69, 9.17) is 4.74 Å². The van der Waals surface area contributed by atoms with E-state index in [1.54, 1.807) is 31.5 Å². The molecule has 0 spiro atoms. The van der Waals surface area contributed by atoms with Crippen LogP contribution in [-0.2, 0) is 9.53 Å². The molecule has 1 aliphatic heterocycles. The van der Waals surface area contributed by atoms with Gasteiger partial charge in [-0.2, -0.15) is 0 Å². The molecule has 33 heavy (non-hydrogen) atoms. The zero-order valence-corrected chi connectivity index (χ0v) is 19.6. The second-order valence-electron chi connectivity index (χ2n) is 8.88. The lowest BCUT2D eigenvalue weighted by atomic mass is 9.75. The number of ether oxygens (including phenoxy) is 1. The van der Waals surface area contributed by atoms with Crippen LogP contribution >= 0.6 is 0 Å². The molecule has 9 heteroatoms. The number of fused-ring (bicyclic) bond motifs is 1. The topological polar surface area (TPSA) is 101 Å². The van der Waals surface area contributed by atoms with Crippen LogP contribution in [0.4, 0.5) is 5.82 Å². The summed E-state index contributed by atoms with van der Waals surface area (Å²) in [6.45, 7) is 6.58. The Balaban J connectivity index is 1.71. The fourth-order valence-electron chi connectivity index (χ4n) is 4.19. The van der Waals surface area contributed by atoms with Crippen LogP contribution in [0.15, 0.2) is 42.6 Å². The number of rotatable bonds is 6. The summed E-state index contributed by atoms with van der Waals surface area (Å²) in [4.78, 5) is 46.8. The van der Waals surface area contributed by atoms with Crippen LogP contribution in [0.1, 0.15) is 42.1 Å². The number of likely N-dealkylation sites (N-methyl/N-ethyl adjacent to an activating group) is 1. The highest BCUT2D eigenvalue weighted by Crippen LogP contribution is 2.50. The maximum Gasteiger partial charge on any atom is 0.273 e. The van der Waals surface area contributed by atoms with Crippen LogP contribution in [0.25, 0.3) is 5.57 Å². The van der Waals surface area contributed by atoms with Gasteiger partial charge in [0.25, 0.3) is 5.91 Å². The van der Waals surface area contributed by atoms with Crippen molar-refractivity contribution in [3.8, 4) is 0 Å². The minimum Gasteiger partial charge on any atom is -0.383 e. The smallest absolute Gasteiger partial charge is 0.273 e. The number of anilines is 1. The Kier molecular flexibility index (Phi) is 6.07. The van der Waals surface area contributed by atoms with Crippen LogP contribution in [-0.4, -0.2) is 64.0 Å². The number of methoxy groups -OCH3 is 1. The Bertz CT molecular complexity index is 1140. The standard InChI is InChI=1S/C24H28N6O3/c1-15-26-11-17(12-27-15)16-6-7-18-20(10-16)30(23(32)24(18,2)3)21-14-25-13-19(28-21)22(31)29(4)8-9-33-5/h6,10-14,18H,7-9H2,1-5H3. The van der Waals surface area contributed by atoms with Gasteiger partial charge in [-0.25, -0.2) is 15.0 Å². The molecule has 0 N–H and O–H groups in total. The predicted molar refractivity (Wildman–Crippen MR) is 123 cm³/mol. The van der Waals surface area contributed by atoms with Gasteiger partial charge in [0, 0.05) is 50.3 Å². The summed E-state index contributed by atoms with van der Waals surface area (Å²) in [6.07, 6.45) is 11.3. The van der Waals surface area contributed by atoms with Crippen molar-refractivity contribution >= 4 is 23.2 Å². The molecule has 2 aromatic rings. The molecular formula is C24H28N6O3. The van der Waals surface area contributed by atoms with Gasteiger partial charge in [-0.1, -0.05) is 19.9 Å². The first kappa shape index (κ1) is 22.7. The molecule has 0 radical (unpaired) electrons. The molecule has 2 aliphatic rings. The molecule has 0 saturated carbocycles. The highest BCUT2D eigenvalue weighted by atomic mass is 16.5. The Morgan fingerprint density at radius 3 is 2.67 bits per heavy atom. The van der Waals surface area contributed by atoms with E-state index < -0.39 is 5.41 Å². The maximum atomic E-state index is 13.5. The summed E-state index contributed by atoms with van der Waals surface area (Å²) in [7, 11) is 3.26. The van der Waals surface area contributed by atoms with Gasteiger partial charge in [0.1, 0.15) is 11.5 Å². The number of carbonyl (C=O) groups excluding carboxylic acids is 2. The average molecular weight is 449 g/mol. The van der Waals surface area contributed by atoms with E-state index >= 15 is 0 Å². The van der Waals surface area contributed by atoms with E-state index in [0.717, 1.165) is 16.8 Å². The number of aryl methyl sites for hydroxylation is 1. The molecule has 3 heterocycles. The highest BCUT2D eigenvalue weighted by Gasteiger charge is 2.52. The molecule has 1 unspecified atom stereocenters. The first-order valence-corrected chi connectivity index (χ1v) is 10.9. The van der Waals surface area contributed by atoms with Crippen LogP contribution in [0.5, 0.6) is 0 Å². The van der Waals surface area contributed by atoms with Crippen molar-refractivity contribution in [2.45, 2.75) is 27.2 Å². The maximum absolute atomic E-state index is 13.5. The molecule has 0 bridgehead atoms. The van der Waals surface area contributed by atoms with Crippen LogP contribution in [0.2, 0.25) is 0 Å². The molecule has 9 nitrogen and oxygen atoms in total. The van der Waals surface area contributed by atoms with Crippen molar-refractivity contribution in [3.05, 3.63) is 59.7 Å². The van der Waals surface area contributed by atoms with Crippen molar-refractivity contribution in [3.63, 3.8) is 0 Å². The Hall–Kier alpha value is -3.46. The number of carbonyl (C=O) groups is 2. The van der Waals surface area contributed by atoms with Crippen LogP contribution < -0.4 is 4.90 Å². The number of hydrogen-bond acceptors (Lipinski definition) is 7. The lowest BCUT2D eigenvalue weighted by Gasteiger charge is -2.25. The van der Waals surface area contributed by atoms with E-state index in [0.29, 0.717) is 31.2 Å². The van der Waals surface area contributed by atoms with Gasteiger partial charge in [0.05, 0.1) is 24.4 Å². The summed E-state index contributed by atoms with van der Waals surface area (Å²) >= 11 is 0. The molecule has 4 rings (SSSR count). The van der Waals surface area contributed by atoms with Crippen molar-refractivity contribution < 1.29 is 14.3 Å². The molecule has 0 aromatic carbocycles. The van der Waals surface area contributed by atoms with Gasteiger partial charge in [0.2, 0.25) is 5.91 Å². The quantitative estimate of drug-likeness (QED) is 0.669. The summed E-state index contributed by atoms with van der Waals surface area (Å²) < 4.78 is 5.05. The fourth-order valence-corrected chi connectivity index (χ4v) is 4.19. The lowest BCUT2D eigenvalue weighted by Crippen LogP contribution is -2.33. The Morgan fingerprint density at radius 2 is 1.97 bits per heavy atom. The molecular weight excluding hydrogens is 420 g/mol. The van der Waals surface area contributed by atoms with E-state index in [-0.39, 0.29) is 23.4 Å². The first-order chi connectivity index (χ1) is 15.7. The third kappa shape index (κ3) is 4.16. The van der Waals surface area contributed by atoms with Gasteiger partial charge >= 0.3 is 0 Å². The van der Waals surface area contributed by atoms with Gasteiger partial charge in [0.15, 0.2) is 5.82 Å². The van der Waals surface area contributed by atoms with E-state index in [9.17, 15) is 9.59 Å². The van der Waals surface area contributed by atoms with E-state index in [1.165, 1.54) is 17.3 Å². The largest absolute Gasteiger partial charge is 0.383 e. The fraction of sp³-hybridized carbons (Fsp3) is 0.417. The summed E-state index contributed by atoms with van der Waals surface area (Å²) in [5, 5.41) is 0. The second-order valence-corrected chi connectivity index (χ2v) is 8.88. The monoisotopic (exact) mass is 448 g/mol. The number of aromatic nitrogens is 4. The first-order valence-electron chi connectivity index (χ1n) is 10.9. The van der Waals surface area contributed by atoms with Crippen molar-refractivity contribution in [1.82, 2.24) is 24.8 Å². The van der Waals surface area contributed by atoms with E-state index in [2.05, 4.69) is 26.0 Å². The molecule has 1 aliphatic carbocycles. The number of amides is 2. The van der Waals surface area contributed by atoms with Gasteiger partial charge in [-0.3, -0.25) is 19.5 Å². The third-order valence-electron chi connectivity index (χ3n) is 6.28. The third-order valence-corrected chi connectivity index (χ3v) is 6.28. The predicted octanol–water partition coefficient (Wildman–Crippen LogP) is 2.65. The minimum atomic E-state index is -0.616. The zero-order chi connectivity index (χ0) is 23.8. The van der Waals surface area contributed by atoms with Crippen molar-refractivity contribution in [2.24, 2.45) is 11.3 Å². The number of hydrogen-bond donors (Lipinski definition) is 0. The van der Waals surface area contributed by atoms with Crippen LogP contribution in [0.3, 0.4) is 0 Å². The van der Waals surface area contributed by atoms with Gasteiger partial charge in [-0.05, 0) is 25.0 Å². The molecule has 172 valence electrons. The highest BCUT2D eigenvalue weighted by molar-refractivity contribution is 6.04. The SMILES string of the molecule is COCCN(C)C(=O)c1cncc(N2C(=O)C(C)(C)C3CC=C(c4cnc(C)nc4)C=C32)n1. The van der Waals surface area contributed by atoms with E-state index in [1.807, 2.05) is 26.8 Å². The van der Waals surface area contributed by atoms with Crippen LogP contribution in [0, 0.1) is 18.3 Å². The summed E-state index contributed by atoms with van der Waals surface area (Å²) in [6, 6.07) is 0. The average Bonchev–Trinajstić information content (AvgIpc) is 3.02. The molecule has 2 amide bonds. The van der Waals surface area contributed by atoms with Gasteiger partial charge in [-0.15, -0.1) is 0 Å². The second kappa shape index (κ2) is 8.82. The Morgan fingerprint density at radius 1 is 1.24 bits per heavy atom. The van der Waals surface area contributed by atoms with Crippen molar-refractivity contribution in [2.75, 3.05) is 32.2 Å². The minimum absolute atomic E-state index is 0.00866. The Labute approximate surface area is 193 Å². The summed E-state index contributed by atoms with van der Waals surface area (Å²) in [5.41, 5.74) is 2.25. The zero-order valence-electron chi connectivity index (χ0n) is 19.6. The number of allylic oxidation sites excluding steroid dienone is 4. The molecule has 1 saturated heterocycles. The van der Waals surface area contributed by atoms with Gasteiger partial charge < -0.3 is 9.64 Å². The summed E-state index contributed by atoms with van der Waals surface area (Å²) in [5.74, 6) is 0.686. The van der Waals surface area contributed by atoms with Crippen molar-refractivity contribution in [1.29, 1.82) is 0 Å². The molecule has 2 aromatic heterocycles. The molecule has 1 fully saturated rings. The lowest BCUT2D eigenvalue weighted by molar-refractivity contribution is -0.125. The molecule has 1 atom stereocenters. The number of nitrogens with zero attached hydrogens (tertiary/aromatic N) is 6. The normalized spacial score (nSPS) is 19.1.